The van der Waals surface area contributed by atoms with Crippen molar-refractivity contribution in [2.24, 2.45) is 5.41 Å². The molecular formula is C38H50FN7O4Si. The van der Waals surface area contributed by atoms with Crippen molar-refractivity contribution in [3.8, 4) is 22.9 Å². The molecule has 2 aliphatic rings. The van der Waals surface area contributed by atoms with Crippen LogP contribution in [0.1, 0.15) is 96.3 Å². The Bertz CT molecular complexity index is 1940. The lowest BCUT2D eigenvalue weighted by Gasteiger charge is -2.52. The van der Waals surface area contributed by atoms with E-state index in [0.29, 0.717) is 35.6 Å². The lowest BCUT2D eigenvalue weighted by atomic mass is 9.60. The Hall–Kier alpha value is -4.28. The van der Waals surface area contributed by atoms with E-state index in [1.165, 1.54) is 18.5 Å². The summed E-state index contributed by atoms with van der Waals surface area (Å²) in [5.41, 5.74) is 3.93. The lowest BCUT2D eigenvalue weighted by Crippen LogP contribution is -2.50. The van der Waals surface area contributed by atoms with E-state index in [-0.39, 0.29) is 29.2 Å². The number of nitrogens with zero attached hydrogens (tertiary/aromatic N) is 7. The Morgan fingerprint density at radius 3 is 2.41 bits per heavy atom. The van der Waals surface area contributed by atoms with Crippen molar-refractivity contribution in [2.45, 2.75) is 110 Å². The zero-order valence-corrected chi connectivity index (χ0v) is 32.3. The third-order valence-corrected chi connectivity index (χ3v) is 15.5. The van der Waals surface area contributed by atoms with Gasteiger partial charge in [0, 0.05) is 36.1 Å². The summed E-state index contributed by atoms with van der Waals surface area (Å²) in [4.78, 5) is 18.8. The van der Waals surface area contributed by atoms with E-state index in [0.717, 1.165) is 42.5 Å². The summed E-state index contributed by atoms with van der Waals surface area (Å²) in [6.07, 6.45) is 9.51. The first-order valence-electron chi connectivity index (χ1n) is 17.7. The van der Waals surface area contributed by atoms with Gasteiger partial charge >= 0.3 is 6.09 Å². The number of rotatable bonds is 8. The van der Waals surface area contributed by atoms with Crippen molar-refractivity contribution >= 4 is 19.9 Å². The van der Waals surface area contributed by atoms with Crippen LogP contribution >= 0.6 is 0 Å². The summed E-state index contributed by atoms with van der Waals surface area (Å²) in [7, 11) is -2.18. The van der Waals surface area contributed by atoms with E-state index < -0.39 is 25.8 Å². The highest BCUT2D eigenvalue weighted by molar-refractivity contribution is 6.74. The van der Waals surface area contributed by atoms with Gasteiger partial charge in [0.25, 0.3) is 0 Å². The molecule has 1 aliphatic carbocycles. The maximum atomic E-state index is 13.9. The largest absolute Gasteiger partial charge is 0.479 e. The minimum absolute atomic E-state index is 0.0322. The Morgan fingerprint density at radius 1 is 1.10 bits per heavy atom. The summed E-state index contributed by atoms with van der Waals surface area (Å²) in [5, 5.41) is 19.3. The van der Waals surface area contributed by atoms with Crippen molar-refractivity contribution < 1.29 is 23.1 Å². The number of hydrogen-bond acceptors (Lipinski definition) is 8. The van der Waals surface area contributed by atoms with Gasteiger partial charge in [-0.3, -0.25) is 9.67 Å². The average molecular weight is 716 g/mol. The smallest absolute Gasteiger partial charge is 0.410 e. The molecular weight excluding hydrogens is 666 g/mol. The first-order chi connectivity index (χ1) is 23.9. The minimum Gasteiger partial charge on any atom is -0.479 e. The molecule has 13 heteroatoms. The Kier molecular flexibility index (Phi) is 9.56. The topological polar surface area (TPSA) is 120 Å². The van der Waals surface area contributed by atoms with Crippen molar-refractivity contribution in [3.63, 3.8) is 0 Å². The summed E-state index contributed by atoms with van der Waals surface area (Å²) < 4.78 is 36.6. The van der Waals surface area contributed by atoms with Crippen LogP contribution in [0.15, 0.2) is 43.0 Å². The zero-order valence-electron chi connectivity index (χ0n) is 31.3. The van der Waals surface area contributed by atoms with Crippen molar-refractivity contribution in [3.05, 3.63) is 65.8 Å². The SMILES string of the molecule is Cc1c(-c2cc(OC(CO[Si](C)(C)C(C)(C)C)c3ccc(F)cn3)c3c(C#N)cnn3c2)cnn1C1CC2(CCN(C(=O)OC(C)(C)C)CC2)C1. The number of likely N-dealkylation sites (tertiary alicyclic amines) is 1. The molecule has 1 amide bonds. The first kappa shape index (κ1) is 36.5. The van der Waals surface area contributed by atoms with Gasteiger partial charge in [0.15, 0.2) is 14.4 Å². The number of pyridine rings is 2. The third kappa shape index (κ3) is 7.53. The van der Waals surface area contributed by atoms with Crippen molar-refractivity contribution in [1.29, 1.82) is 5.26 Å². The van der Waals surface area contributed by atoms with E-state index in [1.807, 2.05) is 44.1 Å². The van der Waals surface area contributed by atoms with Gasteiger partial charge in [-0.25, -0.2) is 13.7 Å². The summed E-state index contributed by atoms with van der Waals surface area (Å²) in [5.74, 6) is 0.00823. The van der Waals surface area contributed by atoms with E-state index >= 15 is 0 Å². The normalized spacial score (nSPS) is 17.3. The zero-order chi connectivity index (χ0) is 36.9. The Balaban J connectivity index is 1.25. The number of aromatic nitrogens is 5. The highest BCUT2D eigenvalue weighted by Crippen LogP contribution is 2.55. The highest BCUT2D eigenvalue weighted by atomic mass is 28.4. The molecule has 1 atom stereocenters. The van der Waals surface area contributed by atoms with Gasteiger partial charge in [-0.1, -0.05) is 20.8 Å². The predicted molar refractivity (Wildman–Crippen MR) is 194 cm³/mol. The number of carbonyl (C=O) groups excluding carboxylic acids is 1. The number of fused-ring (bicyclic) bond motifs is 1. The quantitative estimate of drug-likeness (QED) is 0.167. The van der Waals surface area contributed by atoms with Gasteiger partial charge in [-0.05, 0) is 95.1 Å². The molecule has 272 valence electrons. The molecule has 0 N–H and O–H groups in total. The van der Waals surface area contributed by atoms with E-state index in [4.69, 9.17) is 19.0 Å². The number of nitriles is 1. The number of amides is 1. The van der Waals surface area contributed by atoms with Crippen LogP contribution in [0.5, 0.6) is 5.75 Å². The van der Waals surface area contributed by atoms with Gasteiger partial charge in [0.2, 0.25) is 0 Å². The van der Waals surface area contributed by atoms with Crippen molar-refractivity contribution in [1.82, 2.24) is 29.3 Å². The average Bonchev–Trinajstić information content (AvgIpc) is 3.64. The second kappa shape index (κ2) is 13.4. The van der Waals surface area contributed by atoms with Crippen LogP contribution in [0, 0.1) is 29.5 Å². The summed E-state index contributed by atoms with van der Waals surface area (Å²) in [6, 6.07) is 7.40. The molecule has 11 nitrogen and oxygen atoms in total. The van der Waals surface area contributed by atoms with Gasteiger partial charge in [-0.15, -0.1) is 0 Å². The molecule has 1 spiro atoms. The van der Waals surface area contributed by atoms with Gasteiger partial charge in [-0.2, -0.15) is 15.5 Å². The summed E-state index contributed by atoms with van der Waals surface area (Å²) in [6.45, 7) is 20.2. The van der Waals surface area contributed by atoms with E-state index in [2.05, 4.69) is 61.6 Å². The van der Waals surface area contributed by atoms with Crippen LogP contribution in [0.3, 0.4) is 0 Å². The molecule has 6 rings (SSSR count). The van der Waals surface area contributed by atoms with E-state index in [9.17, 15) is 14.4 Å². The van der Waals surface area contributed by atoms with Crippen LogP contribution in [0.2, 0.25) is 18.1 Å². The molecule has 4 aromatic heterocycles. The Morgan fingerprint density at radius 2 is 1.80 bits per heavy atom. The molecule has 0 bridgehead atoms. The van der Waals surface area contributed by atoms with Gasteiger partial charge < -0.3 is 18.8 Å². The molecule has 2 fully saturated rings. The standard InChI is InChI=1S/C38H50FN7O4Si/c1-25-30(22-43-46(25)29-17-38(18-29)12-14-44(15-13-38)35(47)50-36(2,3)4)26-16-32(34-27(19-40)20-42-45(34)23-26)49-33(31-11-10-28(39)21-41-31)24-48-51(8,9)37(5,6)7/h10-11,16,20-23,29,33H,12-15,17-18,24H2,1-9H3. The van der Waals surface area contributed by atoms with Crippen LogP contribution in [-0.4, -0.2) is 69.0 Å². The molecule has 0 aromatic carbocycles. The molecule has 1 saturated heterocycles. The second-order valence-corrected chi connectivity index (χ2v) is 21.6. The predicted octanol–water partition coefficient (Wildman–Crippen LogP) is 8.41. The number of carbonyl (C=O) groups is 1. The molecule has 1 saturated carbocycles. The third-order valence-electron chi connectivity index (χ3n) is 11.0. The summed E-state index contributed by atoms with van der Waals surface area (Å²) >= 11 is 0. The Labute approximate surface area is 300 Å². The number of piperidine rings is 1. The fraction of sp³-hybridized carbons (Fsp3) is 0.553. The number of ether oxygens (including phenoxy) is 2. The molecule has 1 aliphatic heterocycles. The molecule has 51 heavy (non-hydrogen) atoms. The maximum Gasteiger partial charge on any atom is 0.410 e. The van der Waals surface area contributed by atoms with Gasteiger partial charge in [0.1, 0.15) is 34.3 Å². The van der Waals surface area contributed by atoms with Crippen LogP contribution in [0.25, 0.3) is 16.6 Å². The first-order valence-corrected chi connectivity index (χ1v) is 20.7. The highest BCUT2D eigenvalue weighted by Gasteiger charge is 2.48. The monoisotopic (exact) mass is 715 g/mol. The fourth-order valence-electron chi connectivity index (χ4n) is 6.90. The lowest BCUT2D eigenvalue weighted by molar-refractivity contribution is -0.0262. The molecule has 1 unspecified atom stereocenters. The fourth-order valence-corrected chi connectivity index (χ4v) is 7.90. The number of hydrogen-bond donors (Lipinski definition) is 0. The maximum absolute atomic E-state index is 13.9. The van der Waals surface area contributed by atoms with Crippen LogP contribution in [0.4, 0.5) is 9.18 Å². The van der Waals surface area contributed by atoms with E-state index in [1.54, 1.807) is 10.6 Å². The van der Waals surface area contributed by atoms with Crippen molar-refractivity contribution in [2.75, 3.05) is 19.7 Å². The second-order valence-electron chi connectivity index (χ2n) is 16.8. The van der Waals surface area contributed by atoms with Crippen LogP contribution < -0.4 is 4.74 Å². The van der Waals surface area contributed by atoms with Gasteiger partial charge in [0.05, 0.1) is 36.9 Å². The minimum atomic E-state index is -2.18. The number of halogens is 1. The molecule has 5 heterocycles. The molecule has 4 aromatic rings. The van der Waals surface area contributed by atoms with Crippen LogP contribution in [-0.2, 0) is 9.16 Å². The molecule has 0 radical (unpaired) electrons.